The van der Waals surface area contributed by atoms with Gasteiger partial charge in [-0.1, -0.05) is 0 Å². The molecule has 140 valence electrons. The number of rotatable bonds is 5. The Hall–Kier alpha value is -1.99. The highest BCUT2D eigenvalue weighted by Crippen LogP contribution is 2.21. The average Bonchev–Trinajstić information content (AvgIpc) is 2.99. The molecule has 26 heavy (non-hydrogen) atoms. The minimum Gasteiger partial charge on any atom is -0.484 e. The zero-order valence-electron chi connectivity index (χ0n) is 15.4. The molecule has 2 aliphatic heterocycles. The molecule has 0 bridgehead atoms. The monoisotopic (exact) mass is 357 g/mol. The Morgan fingerprint density at radius 2 is 2.12 bits per heavy atom. The van der Waals surface area contributed by atoms with Gasteiger partial charge in [-0.3, -0.25) is 9.88 Å². The van der Waals surface area contributed by atoms with Gasteiger partial charge in [0.15, 0.2) is 5.82 Å². The van der Waals surface area contributed by atoms with Crippen LogP contribution in [0, 0.1) is 5.92 Å². The number of ether oxygens (including phenoxy) is 2. The molecule has 1 atom stereocenters. The largest absolute Gasteiger partial charge is 0.484 e. The summed E-state index contributed by atoms with van der Waals surface area (Å²) < 4.78 is 13.6. The molecule has 2 aromatic heterocycles. The van der Waals surface area contributed by atoms with Crippen LogP contribution in [-0.2, 0) is 24.3 Å². The van der Waals surface area contributed by atoms with Crippen molar-refractivity contribution in [3.05, 3.63) is 36.2 Å². The molecular weight excluding hydrogens is 330 g/mol. The predicted octanol–water partition coefficient (Wildman–Crippen LogP) is 1.93. The molecule has 0 radical (unpaired) electrons. The first-order valence-electron chi connectivity index (χ1n) is 9.55. The summed E-state index contributed by atoms with van der Waals surface area (Å²) in [6.07, 6.45) is 6.75. The molecule has 1 fully saturated rings. The zero-order chi connectivity index (χ0) is 17.8. The summed E-state index contributed by atoms with van der Waals surface area (Å²) in [5, 5.41) is 8.79. The zero-order valence-corrected chi connectivity index (χ0v) is 15.4. The van der Waals surface area contributed by atoms with Crippen molar-refractivity contribution in [2.45, 2.75) is 45.4 Å². The Labute approximate surface area is 154 Å². The number of nitrogens with zero attached hydrogens (tertiary/aromatic N) is 5. The maximum Gasteiger partial charge on any atom is 0.171 e. The Bertz CT molecular complexity index is 699. The lowest BCUT2D eigenvalue weighted by molar-refractivity contribution is 0.0468. The molecule has 0 amide bonds. The number of hydrogen-bond acceptors (Lipinski definition) is 6. The van der Waals surface area contributed by atoms with Crippen LogP contribution in [0.2, 0.25) is 0 Å². The third-order valence-corrected chi connectivity index (χ3v) is 5.45. The minimum absolute atomic E-state index is 0.424. The molecule has 7 nitrogen and oxygen atoms in total. The standard InChI is InChI=1S/C19H27N5O2/c1-15-11-18-21-22-19(14-26-17-3-2-6-20-12-17)24(18)8-7-23(15)13-16-4-9-25-10-5-16/h2-3,6,12,15-16H,4-5,7-11,13-14H2,1H3/t15-/m1/s1. The van der Waals surface area contributed by atoms with Crippen molar-refractivity contribution in [3.63, 3.8) is 0 Å². The number of aromatic nitrogens is 4. The summed E-state index contributed by atoms with van der Waals surface area (Å²) in [4.78, 5) is 6.69. The molecule has 1 saturated heterocycles. The van der Waals surface area contributed by atoms with Gasteiger partial charge in [0.2, 0.25) is 0 Å². The molecular formula is C19H27N5O2. The molecule has 0 aromatic carbocycles. The van der Waals surface area contributed by atoms with Gasteiger partial charge < -0.3 is 14.0 Å². The first-order valence-corrected chi connectivity index (χ1v) is 9.55. The third kappa shape index (κ3) is 4.04. The van der Waals surface area contributed by atoms with Gasteiger partial charge in [-0.2, -0.15) is 0 Å². The van der Waals surface area contributed by atoms with Gasteiger partial charge in [0, 0.05) is 51.5 Å². The van der Waals surface area contributed by atoms with E-state index >= 15 is 0 Å². The average molecular weight is 357 g/mol. The predicted molar refractivity (Wildman–Crippen MR) is 96.9 cm³/mol. The Balaban J connectivity index is 1.39. The second-order valence-corrected chi connectivity index (χ2v) is 7.27. The van der Waals surface area contributed by atoms with Crippen molar-refractivity contribution >= 4 is 0 Å². The maximum absolute atomic E-state index is 5.82. The lowest BCUT2D eigenvalue weighted by Gasteiger charge is -2.32. The first-order chi connectivity index (χ1) is 12.8. The van der Waals surface area contributed by atoms with Crippen LogP contribution in [0.25, 0.3) is 0 Å². The Morgan fingerprint density at radius 3 is 2.92 bits per heavy atom. The fourth-order valence-corrected chi connectivity index (χ4v) is 3.84. The molecule has 0 aliphatic carbocycles. The summed E-state index contributed by atoms with van der Waals surface area (Å²) in [5.41, 5.74) is 0. The van der Waals surface area contributed by atoms with Crippen molar-refractivity contribution in [1.82, 2.24) is 24.6 Å². The molecule has 4 rings (SSSR count). The second kappa shape index (κ2) is 8.14. The summed E-state index contributed by atoms with van der Waals surface area (Å²) in [5.74, 6) is 3.47. The molecule has 0 N–H and O–H groups in total. The molecule has 7 heteroatoms. The van der Waals surface area contributed by atoms with Gasteiger partial charge in [-0.05, 0) is 37.8 Å². The normalized spacial score (nSPS) is 22.0. The fraction of sp³-hybridized carbons (Fsp3) is 0.632. The van der Waals surface area contributed by atoms with Crippen molar-refractivity contribution in [2.24, 2.45) is 5.92 Å². The van der Waals surface area contributed by atoms with Crippen molar-refractivity contribution in [3.8, 4) is 5.75 Å². The molecule has 2 aliphatic rings. The summed E-state index contributed by atoms with van der Waals surface area (Å²) in [6.45, 7) is 7.65. The van der Waals surface area contributed by atoms with E-state index in [0.29, 0.717) is 12.6 Å². The van der Waals surface area contributed by atoms with Crippen molar-refractivity contribution in [2.75, 3.05) is 26.3 Å². The van der Waals surface area contributed by atoms with E-state index in [1.807, 2.05) is 12.1 Å². The van der Waals surface area contributed by atoms with E-state index in [4.69, 9.17) is 9.47 Å². The van der Waals surface area contributed by atoms with Gasteiger partial charge in [0.25, 0.3) is 0 Å². The van der Waals surface area contributed by atoms with E-state index in [1.54, 1.807) is 12.4 Å². The smallest absolute Gasteiger partial charge is 0.171 e. The van der Waals surface area contributed by atoms with Crippen LogP contribution in [0.3, 0.4) is 0 Å². The van der Waals surface area contributed by atoms with Crippen LogP contribution in [0.5, 0.6) is 5.75 Å². The van der Waals surface area contributed by atoms with E-state index in [2.05, 4.69) is 31.6 Å². The Kier molecular flexibility index (Phi) is 5.45. The summed E-state index contributed by atoms with van der Waals surface area (Å²) >= 11 is 0. The van der Waals surface area contributed by atoms with E-state index < -0.39 is 0 Å². The highest BCUT2D eigenvalue weighted by molar-refractivity contribution is 5.15. The third-order valence-electron chi connectivity index (χ3n) is 5.45. The number of pyridine rings is 1. The minimum atomic E-state index is 0.424. The summed E-state index contributed by atoms with van der Waals surface area (Å²) in [7, 11) is 0. The van der Waals surface area contributed by atoms with Gasteiger partial charge in [-0.25, -0.2) is 0 Å². The second-order valence-electron chi connectivity index (χ2n) is 7.27. The van der Waals surface area contributed by atoms with Crippen LogP contribution < -0.4 is 4.74 Å². The maximum atomic E-state index is 5.82. The molecule has 0 saturated carbocycles. The van der Waals surface area contributed by atoms with Gasteiger partial charge >= 0.3 is 0 Å². The van der Waals surface area contributed by atoms with E-state index in [1.165, 1.54) is 12.8 Å². The SMILES string of the molecule is C[C@@H]1Cc2nnc(COc3cccnc3)n2CCN1CC1CCOCC1. The van der Waals surface area contributed by atoms with Crippen LogP contribution in [0.4, 0.5) is 0 Å². The number of hydrogen-bond donors (Lipinski definition) is 0. The quantitative estimate of drug-likeness (QED) is 0.815. The van der Waals surface area contributed by atoms with Crippen molar-refractivity contribution < 1.29 is 9.47 Å². The topological polar surface area (TPSA) is 65.3 Å². The van der Waals surface area contributed by atoms with Crippen LogP contribution in [-0.4, -0.2) is 57.0 Å². The summed E-state index contributed by atoms with van der Waals surface area (Å²) in [6, 6.07) is 4.26. The van der Waals surface area contributed by atoms with E-state index in [9.17, 15) is 0 Å². The fourth-order valence-electron chi connectivity index (χ4n) is 3.84. The van der Waals surface area contributed by atoms with Gasteiger partial charge in [-0.15, -0.1) is 10.2 Å². The van der Waals surface area contributed by atoms with Crippen LogP contribution in [0.1, 0.15) is 31.4 Å². The molecule has 0 spiro atoms. The number of fused-ring (bicyclic) bond motifs is 1. The van der Waals surface area contributed by atoms with Crippen molar-refractivity contribution in [1.29, 1.82) is 0 Å². The van der Waals surface area contributed by atoms with Crippen LogP contribution in [0.15, 0.2) is 24.5 Å². The van der Waals surface area contributed by atoms with E-state index in [0.717, 1.165) is 62.6 Å². The molecule has 0 unspecified atom stereocenters. The highest BCUT2D eigenvalue weighted by Gasteiger charge is 2.26. The lowest BCUT2D eigenvalue weighted by atomic mass is 9.99. The van der Waals surface area contributed by atoms with Gasteiger partial charge in [0.05, 0.1) is 6.20 Å². The first kappa shape index (κ1) is 17.4. The van der Waals surface area contributed by atoms with E-state index in [-0.39, 0.29) is 0 Å². The lowest BCUT2D eigenvalue weighted by Crippen LogP contribution is -2.40. The van der Waals surface area contributed by atoms with Crippen LogP contribution >= 0.6 is 0 Å². The molecule has 4 heterocycles. The van der Waals surface area contributed by atoms with Gasteiger partial charge in [0.1, 0.15) is 18.2 Å². The Morgan fingerprint density at radius 1 is 1.23 bits per heavy atom. The highest BCUT2D eigenvalue weighted by atomic mass is 16.5. The molecule has 2 aromatic rings.